The molecule has 0 bridgehead atoms. The molecule has 1 aliphatic rings. The van der Waals surface area contributed by atoms with Gasteiger partial charge in [0.1, 0.15) is 6.54 Å². The summed E-state index contributed by atoms with van der Waals surface area (Å²) in [5.41, 5.74) is 0.234. The van der Waals surface area contributed by atoms with Crippen molar-refractivity contribution in [1.82, 2.24) is 14.5 Å². The van der Waals surface area contributed by atoms with Crippen molar-refractivity contribution >= 4 is 31.6 Å². The largest absolute Gasteiger partial charge is 0.354 e. The maximum atomic E-state index is 12.3. The molecular formula is C18H30N4O5S2. The van der Waals surface area contributed by atoms with Gasteiger partial charge in [-0.05, 0) is 63.2 Å². The summed E-state index contributed by atoms with van der Waals surface area (Å²) in [5, 5.41) is 2.76. The lowest BCUT2D eigenvalue weighted by Gasteiger charge is -2.22. The van der Waals surface area contributed by atoms with Crippen molar-refractivity contribution in [3.05, 3.63) is 24.3 Å². The monoisotopic (exact) mass is 446 g/mol. The van der Waals surface area contributed by atoms with Crippen LogP contribution in [0.25, 0.3) is 0 Å². The molecular weight excluding hydrogens is 416 g/mol. The Hall–Kier alpha value is -1.69. The molecule has 1 heterocycles. The first-order valence-corrected chi connectivity index (χ1v) is 12.8. The molecule has 1 saturated heterocycles. The van der Waals surface area contributed by atoms with Crippen LogP contribution in [0.4, 0.5) is 5.69 Å². The molecule has 1 N–H and O–H groups in total. The van der Waals surface area contributed by atoms with Gasteiger partial charge in [-0.15, -0.1) is 0 Å². The third kappa shape index (κ3) is 6.66. The van der Waals surface area contributed by atoms with Crippen LogP contribution in [-0.2, 0) is 24.8 Å². The normalized spacial score (nSPS) is 15.6. The molecule has 164 valence electrons. The standard InChI is InChI=1S/C18H30N4O5S2/c1-20(2)29(26,27)17-9-7-16(8-10-17)22(28(3,24)25)15-18(23)19-11-6-14-21-12-4-5-13-21/h7-10H,4-6,11-15H2,1-3H3,(H,19,23). The van der Waals surface area contributed by atoms with Gasteiger partial charge in [-0.3, -0.25) is 9.10 Å². The maximum Gasteiger partial charge on any atom is 0.242 e. The minimum Gasteiger partial charge on any atom is -0.354 e. The molecule has 0 spiro atoms. The summed E-state index contributed by atoms with van der Waals surface area (Å²) in [6.07, 6.45) is 4.24. The van der Waals surface area contributed by atoms with E-state index < -0.39 is 26.0 Å². The van der Waals surface area contributed by atoms with Gasteiger partial charge in [-0.1, -0.05) is 0 Å². The van der Waals surface area contributed by atoms with Gasteiger partial charge in [0, 0.05) is 20.6 Å². The molecule has 1 amide bonds. The first kappa shape index (κ1) is 23.6. The van der Waals surface area contributed by atoms with Crippen molar-refractivity contribution in [1.29, 1.82) is 0 Å². The number of nitrogens with zero attached hydrogens (tertiary/aromatic N) is 3. The molecule has 0 unspecified atom stereocenters. The summed E-state index contributed by atoms with van der Waals surface area (Å²) >= 11 is 0. The smallest absolute Gasteiger partial charge is 0.242 e. The molecule has 0 saturated carbocycles. The average Bonchev–Trinajstić information content (AvgIpc) is 3.16. The fourth-order valence-electron chi connectivity index (χ4n) is 3.12. The summed E-state index contributed by atoms with van der Waals surface area (Å²) in [6, 6.07) is 5.43. The van der Waals surface area contributed by atoms with E-state index in [1.807, 2.05) is 0 Å². The number of nitrogens with one attached hydrogen (secondary N) is 1. The Kier molecular flexibility index (Phi) is 8.03. The number of likely N-dealkylation sites (tertiary alicyclic amines) is 1. The number of carbonyl (C=O) groups is 1. The van der Waals surface area contributed by atoms with Crippen molar-refractivity contribution in [2.24, 2.45) is 0 Å². The van der Waals surface area contributed by atoms with Crippen LogP contribution < -0.4 is 9.62 Å². The Morgan fingerprint density at radius 3 is 2.17 bits per heavy atom. The lowest BCUT2D eigenvalue weighted by atomic mass is 10.3. The van der Waals surface area contributed by atoms with Crippen molar-refractivity contribution < 1.29 is 21.6 Å². The van der Waals surface area contributed by atoms with Crippen LogP contribution in [-0.4, -0.2) is 85.0 Å². The van der Waals surface area contributed by atoms with E-state index in [4.69, 9.17) is 0 Å². The van der Waals surface area contributed by atoms with Gasteiger partial charge >= 0.3 is 0 Å². The van der Waals surface area contributed by atoms with Gasteiger partial charge in [0.15, 0.2) is 0 Å². The second-order valence-electron chi connectivity index (χ2n) is 7.30. The molecule has 9 nitrogen and oxygen atoms in total. The summed E-state index contributed by atoms with van der Waals surface area (Å²) < 4.78 is 50.7. The molecule has 0 atom stereocenters. The SMILES string of the molecule is CN(C)S(=O)(=O)c1ccc(N(CC(=O)NCCCN2CCCC2)S(C)(=O)=O)cc1. The number of benzene rings is 1. The molecule has 1 aromatic rings. The number of carbonyl (C=O) groups excluding carboxylic acids is 1. The van der Waals surface area contributed by atoms with Gasteiger partial charge in [-0.25, -0.2) is 21.1 Å². The van der Waals surface area contributed by atoms with Gasteiger partial charge in [0.2, 0.25) is 26.0 Å². The molecule has 11 heteroatoms. The minimum atomic E-state index is -3.72. The highest BCUT2D eigenvalue weighted by atomic mass is 32.2. The first-order chi connectivity index (χ1) is 13.5. The topological polar surface area (TPSA) is 107 Å². The van der Waals surface area contributed by atoms with Crippen LogP contribution in [0.3, 0.4) is 0 Å². The quantitative estimate of drug-likeness (QED) is 0.518. The van der Waals surface area contributed by atoms with Crippen LogP contribution in [0.5, 0.6) is 0 Å². The number of amides is 1. The lowest BCUT2D eigenvalue weighted by Crippen LogP contribution is -2.41. The minimum absolute atomic E-state index is 0.0473. The second kappa shape index (κ2) is 9.88. The Bertz CT molecular complexity index is 893. The highest BCUT2D eigenvalue weighted by molar-refractivity contribution is 7.92. The number of hydrogen-bond acceptors (Lipinski definition) is 6. The highest BCUT2D eigenvalue weighted by Crippen LogP contribution is 2.21. The summed E-state index contributed by atoms with van der Waals surface area (Å²) in [7, 11) is -4.50. The van der Waals surface area contributed by atoms with E-state index >= 15 is 0 Å². The zero-order valence-electron chi connectivity index (χ0n) is 17.2. The number of rotatable bonds is 10. The molecule has 1 aliphatic heterocycles. The molecule has 1 fully saturated rings. The Balaban J connectivity index is 1.99. The van der Waals surface area contributed by atoms with E-state index in [1.54, 1.807) is 0 Å². The van der Waals surface area contributed by atoms with Crippen LogP contribution >= 0.6 is 0 Å². The average molecular weight is 447 g/mol. The van der Waals surface area contributed by atoms with E-state index in [1.165, 1.54) is 51.2 Å². The van der Waals surface area contributed by atoms with Gasteiger partial charge < -0.3 is 10.2 Å². The molecule has 0 radical (unpaired) electrons. The van der Waals surface area contributed by atoms with Crippen LogP contribution in [0.2, 0.25) is 0 Å². The molecule has 0 aliphatic carbocycles. The zero-order chi connectivity index (χ0) is 21.7. The first-order valence-electron chi connectivity index (χ1n) is 9.51. The van der Waals surface area contributed by atoms with E-state index in [0.29, 0.717) is 6.54 Å². The number of anilines is 1. The fraction of sp³-hybridized carbons (Fsp3) is 0.611. The lowest BCUT2D eigenvalue weighted by molar-refractivity contribution is -0.119. The summed E-state index contributed by atoms with van der Waals surface area (Å²) in [4.78, 5) is 14.6. The highest BCUT2D eigenvalue weighted by Gasteiger charge is 2.23. The second-order valence-corrected chi connectivity index (χ2v) is 11.4. The Morgan fingerprint density at radius 1 is 1.07 bits per heavy atom. The summed E-state index contributed by atoms with van der Waals surface area (Å²) in [6.45, 7) is 3.22. The van der Waals surface area contributed by atoms with E-state index in [9.17, 15) is 21.6 Å². The van der Waals surface area contributed by atoms with Gasteiger partial charge in [-0.2, -0.15) is 0 Å². The molecule has 1 aromatic carbocycles. The number of sulfonamides is 2. The summed E-state index contributed by atoms with van der Waals surface area (Å²) in [5.74, 6) is -0.401. The van der Waals surface area contributed by atoms with Crippen molar-refractivity contribution in [3.8, 4) is 0 Å². The Labute approximate surface area is 173 Å². The van der Waals surface area contributed by atoms with Crippen molar-refractivity contribution in [3.63, 3.8) is 0 Å². The van der Waals surface area contributed by atoms with Crippen molar-refractivity contribution in [2.75, 3.05) is 57.4 Å². The predicted molar refractivity (Wildman–Crippen MR) is 113 cm³/mol. The van der Waals surface area contributed by atoms with E-state index in [2.05, 4.69) is 10.2 Å². The maximum absolute atomic E-state index is 12.3. The molecule has 29 heavy (non-hydrogen) atoms. The third-order valence-electron chi connectivity index (χ3n) is 4.76. The van der Waals surface area contributed by atoms with Crippen molar-refractivity contribution in [2.45, 2.75) is 24.2 Å². The zero-order valence-corrected chi connectivity index (χ0v) is 18.8. The Morgan fingerprint density at radius 2 is 1.66 bits per heavy atom. The van der Waals surface area contributed by atoms with Gasteiger partial charge in [0.05, 0.1) is 16.8 Å². The third-order valence-corrected chi connectivity index (χ3v) is 7.73. The van der Waals surface area contributed by atoms with E-state index in [-0.39, 0.29) is 17.1 Å². The van der Waals surface area contributed by atoms with Crippen LogP contribution in [0.1, 0.15) is 19.3 Å². The van der Waals surface area contributed by atoms with E-state index in [0.717, 1.165) is 40.9 Å². The van der Waals surface area contributed by atoms with Gasteiger partial charge in [0.25, 0.3) is 0 Å². The molecule has 2 rings (SSSR count). The molecule has 0 aromatic heterocycles. The van der Waals surface area contributed by atoms with Crippen LogP contribution in [0, 0.1) is 0 Å². The predicted octanol–water partition coefficient (Wildman–Crippen LogP) is 0.305. The number of hydrogen-bond donors (Lipinski definition) is 1. The van der Waals surface area contributed by atoms with Crippen LogP contribution in [0.15, 0.2) is 29.2 Å². The fourth-order valence-corrected chi connectivity index (χ4v) is 4.88.